The number of nitrogens with two attached hydrogens (primary N) is 1. The van der Waals surface area contributed by atoms with Gasteiger partial charge in [-0.25, -0.2) is 0 Å². The van der Waals surface area contributed by atoms with Crippen LogP contribution in [0.1, 0.15) is 74.9 Å². The van der Waals surface area contributed by atoms with Gasteiger partial charge in [-0.1, -0.05) is 39.5 Å². The molecule has 9 nitrogen and oxygen atoms in total. The first-order chi connectivity index (χ1) is 18.2. The van der Waals surface area contributed by atoms with Crippen molar-refractivity contribution in [1.82, 2.24) is 0 Å². The summed E-state index contributed by atoms with van der Waals surface area (Å²) in [5.41, 5.74) is 1.61. The molecule has 4 rings (SSSR count). The number of amides is 1. The molecule has 3 aliphatic carbocycles. The molecule has 0 aromatic heterocycles. The number of fused-ring (bicyclic) bond motifs is 3. The topological polar surface area (TPSA) is 182 Å². The van der Waals surface area contributed by atoms with Crippen LogP contribution in [0.15, 0.2) is 12.1 Å². The Hall–Kier alpha value is -3.24. The first-order valence-electron chi connectivity index (χ1n) is 13.3. The van der Waals surface area contributed by atoms with Crippen LogP contribution in [0.4, 0.5) is 0 Å². The van der Waals surface area contributed by atoms with Crippen molar-refractivity contribution in [3.8, 4) is 23.7 Å². The summed E-state index contributed by atoms with van der Waals surface area (Å²) >= 11 is 0. The van der Waals surface area contributed by atoms with E-state index < -0.39 is 63.9 Å². The van der Waals surface area contributed by atoms with Crippen LogP contribution in [0, 0.1) is 57.7 Å². The van der Waals surface area contributed by atoms with E-state index >= 15 is 0 Å². The molecule has 2 fully saturated rings. The molecule has 1 aromatic rings. The van der Waals surface area contributed by atoms with E-state index in [0.29, 0.717) is 30.4 Å². The minimum absolute atomic E-state index is 0.0114. The SMILES string of the molecule is CC(C)[C@H]1C(O)[C@@H](C(N)=O)C(=O)[C@]2(O)C(O)[C@H]3C(=O)c4c(O)ccc(C#CCCCC#N)c4C[C@]3(C)C[C@]12C. The van der Waals surface area contributed by atoms with Crippen LogP contribution in [0.5, 0.6) is 5.75 Å². The maximum absolute atomic E-state index is 14.0. The smallest absolute Gasteiger partial charge is 0.230 e. The van der Waals surface area contributed by atoms with E-state index in [9.17, 15) is 34.8 Å². The largest absolute Gasteiger partial charge is 0.507 e. The number of hydrogen-bond donors (Lipinski definition) is 5. The number of Topliss-reactive ketones (excluding diaryl/α,β-unsaturated/α-hetero) is 2. The van der Waals surface area contributed by atoms with Crippen molar-refractivity contribution in [3.63, 3.8) is 0 Å². The molecule has 2 unspecified atom stereocenters. The molecular weight excluding hydrogens is 500 g/mol. The Bertz CT molecular complexity index is 1340. The summed E-state index contributed by atoms with van der Waals surface area (Å²) in [6.45, 7) is 7.02. The number of carbonyl (C=O) groups is 3. The van der Waals surface area contributed by atoms with Gasteiger partial charge in [0.05, 0.1) is 23.7 Å². The number of ketones is 2. The average molecular weight is 537 g/mol. The molecule has 39 heavy (non-hydrogen) atoms. The maximum atomic E-state index is 14.0. The Morgan fingerprint density at radius 2 is 1.87 bits per heavy atom. The molecule has 1 amide bonds. The minimum Gasteiger partial charge on any atom is -0.507 e. The lowest BCUT2D eigenvalue weighted by molar-refractivity contribution is -0.265. The van der Waals surface area contributed by atoms with Crippen LogP contribution >= 0.6 is 0 Å². The van der Waals surface area contributed by atoms with Crippen molar-refractivity contribution >= 4 is 17.5 Å². The standard InChI is InChI=1S/C30H36N2O7/c1-15(2)21-24(35)20(27(32)38)25(36)30(39)26(37)22-23(34)19-17(13-28(22,3)14-29(21,30)4)16(10-11-18(19)33)9-7-5-6-8-12-31/h10-11,15,20-22,24,26,33,35,37,39H,5-6,8,13-14H2,1-4H3,(H2,32,38)/t20-,21+,22-,24?,26?,28-,29-,30+/m1/s1. The zero-order chi connectivity index (χ0) is 29.1. The fraction of sp³-hybridized carbons (Fsp3) is 0.600. The number of aliphatic hydroxyl groups excluding tert-OH is 2. The second-order valence-corrected chi connectivity index (χ2v) is 12.3. The first kappa shape index (κ1) is 28.8. The van der Waals surface area contributed by atoms with Crippen LogP contribution in [0.25, 0.3) is 0 Å². The van der Waals surface area contributed by atoms with Gasteiger partial charge in [-0.3, -0.25) is 14.4 Å². The van der Waals surface area contributed by atoms with Gasteiger partial charge in [0, 0.05) is 23.8 Å². The third-order valence-electron chi connectivity index (χ3n) is 9.48. The number of benzene rings is 1. The lowest BCUT2D eigenvalue weighted by Crippen LogP contribution is -2.79. The number of phenolic OH excluding ortho intramolecular Hbond substituents is 1. The summed E-state index contributed by atoms with van der Waals surface area (Å²) in [5.74, 6) is -1.16. The van der Waals surface area contributed by atoms with Crippen molar-refractivity contribution in [1.29, 1.82) is 5.26 Å². The molecule has 0 bridgehead atoms. The molecular formula is C30H36N2O7. The molecule has 1 aromatic carbocycles. The minimum atomic E-state index is -2.54. The monoisotopic (exact) mass is 536 g/mol. The summed E-state index contributed by atoms with van der Waals surface area (Å²) in [7, 11) is 0. The summed E-state index contributed by atoms with van der Waals surface area (Å²) in [4.78, 5) is 40.0. The van der Waals surface area contributed by atoms with E-state index in [4.69, 9.17) is 11.0 Å². The number of carbonyl (C=O) groups excluding carboxylic acids is 3. The predicted octanol–water partition coefficient (Wildman–Crippen LogP) is 1.62. The summed E-state index contributed by atoms with van der Waals surface area (Å²) < 4.78 is 0. The molecule has 0 radical (unpaired) electrons. The number of nitriles is 1. The van der Waals surface area contributed by atoms with E-state index in [2.05, 4.69) is 17.9 Å². The molecule has 9 heteroatoms. The molecule has 8 atom stereocenters. The molecule has 0 saturated heterocycles. The third kappa shape index (κ3) is 3.98. The number of rotatable bonds is 4. The number of nitrogens with zero attached hydrogens (tertiary/aromatic N) is 1. The summed E-state index contributed by atoms with van der Waals surface area (Å²) in [6, 6.07) is 5.05. The maximum Gasteiger partial charge on any atom is 0.230 e. The summed E-state index contributed by atoms with van der Waals surface area (Å²) in [5, 5.41) is 54.5. The predicted molar refractivity (Wildman–Crippen MR) is 140 cm³/mol. The lowest BCUT2D eigenvalue weighted by Gasteiger charge is -2.66. The van der Waals surface area contributed by atoms with Gasteiger partial charge in [0.25, 0.3) is 0 Å². The van der Waals surface area contributed by atoms with Crippen LogP contribution in [0.2, 0.25) is 0 Å². The van der Waals surface area contributed by atoms with Crippen molar-refractivity contribution in [2.45, 2.75) is 77.6 Å². The van der Waals surface area contributed by atoms with Crippen molar-refractivity contribution < 1.29 is 34.8 Å². The Balaban J connectivity index is 1.89. The molecule has 3 aliphatic rings. The number of primary amides is 1. The van der Waals surface area contributed by atoms with E-state index in [0.717, 1.165) is 0 Å². The number of aliphatic hydroxyl groups is 3. The van der Waals surface area contributed by atoms with Gasteiger partial charge in [0.2, 0.25) is 5.91 Å². The number of phenols is 1. The van der Waals surface area contributed by atoms with Gasteiger partial charge in [-0.2, -0.15) is 5.26 Å². The average Bonchev–Trinajstić information content (AvgIpc) is 2.82. The summed E-state index contributed by atoms with van der Waals surface area (Å²) in [6.07, 6.45) is -1.64. The van der Waals surface area contributed by atoms with E-state index in [1.54, 1.807) is 33.8 Å². The molecule has 6 N–H and O–H groups in total. The fourth-order valence-corrected chi connectivity index (χ4v) is 8.06. The van der Waals surface area contributed by atoms with E-state index in [1.807, 2.05) is 0 Å². The first-order valence-corrected chi connectivity index (χ1v) is 13.3. The van der Waals surface area contributed by atoms with Gasteiger partial charge in [0.15, 0.2) is 17.2 Å². The normalized spacial score (nSPS) is 37.2. The second-order valence-electron chi connectivity index (χ2n) is 12.3. The number of hydrogen-bond acceptors (Lipinski definition) is 8. The Kier molecular flexibility index (Phi) is 7.19. The highest BCUT2D eigenvalue weighted by molar-refractivity contribution is 6.09. The Morgan fingerprint density at radius 3 is 2.46 bits per heavy atom. The molecule has 208 valence electrons. The van der Waals surface area contributed by atoms with Crippen LogP contribution in [-0.4, -0.2) is 55.7 Å². The van der Waals surface area contributed by atoms with Gasteiger partial charge >= 0.3 is 0 Å². The molecule has 0 spiro atoms. The van der Waals surface area contributed by atoms with Gasteiger partial charge < -0.3 is 26.2 Å². The third-order valence-corrected chi connectivity index (χ3v) is 9.48. The van der Waals surface area contributed by atoms with Crippen molar-refractivity contribution in [2.75, 3.05) is 0 Å². The molecule has 2 saturated carbocycles. The van der Waals surface area contributed by atoms with Gasteiger partial charge in [0.1, 0.15) is 17.8 Å². The van der Waals surface area contributed by atoms with Gasteiger partial charge in [-0.15, -0.1) is 0 Å². The lowest BCUT2D eigenvalue weighted by atomic mass is 9.39. The van der Waals surface area contributed by atoms with Crippen LogP contribution in [0.3, 0.4) is 0 Å². The van der Waals surface area contributed by atoms with E-state index in [1.165, 1.54) is 6.07 Å². The highest BCUT2D eigenvalue weighted by Gasteiger charge is 2.75. The molecule has 0 aliphatic heterocycles. The number of unbranched alkanes of at least 4 members (excludes halogenated alkanes) is 2. The zero-order valence-electron chi connectivity index (χ0n) is 22.7. The van der Waals surface area contributed by atoms with Crippen LogP contribution in [-0.2, 0) is 16.0 Å². The Morgan fingerprint density at radius 1 is 1.21 bits per heavy atom. The number of aromatic hydroxyl groups is 1. The fourth-order valence-electron chi connectivity index (χ4n) is 8.06. The molecule has 0 heterocycles. The van der Waals surface area contributed by atoms with Gasteiger partial charge in [-0.05, 0) is 54.2 Å². The van der Waals surface area contributed by atoms with Crippen LogP contribution < -0.4 is 5.73 Å². The second kappa shape index (κ2) is 9.75. The highest BCUT2D eigenvalue weighted by Crippen LogP contribution is 2.65. The quantitative estimate of drug-likeness (QED) is 0.218. The zero-order valence-corrected chi connectivity index (χ0v) is 22.7. The highest BCUT2D eigenvalue weighted by atomic mass is 16.4. The van der Waals surface area contributed by atoms with E-state index in [-0.39, 0.29) is 30.1 Å². The Labute approximate surface area is 228 Å². The van der Waals surface area contributed by atoms with Crippen molar-refractivity contribution in [2.24, 2.45) is 40.2 Å². The van der Waals surface area contributed by atoms with Crippen molar-refractivity contribution in [3.05, 3.63) is 28.8 Å².